The largest absolute Gasteiger partial charge is 0.454 e. The van der Waals surface area contributed by atoms with Crippen LogP contribution in [0.15, 0.2) is 60.7 Å². The van der Waals surface area contributed by atoms with E-state index in [-0.39, 0.29) is 19.1 Å². The van der Waals surface area contributed by atoms with E-state index in [2.05, 4.69) is 0 Å². The van der Waals surface area contributed by atoms with Gasteiger partial charge in [-0.3, -0.25) is 9.69 Å². The molecule has 4 aromatic rings. The number of hydrogen-bond acceptors (Lipinski definition) is 5. The number of rotatable bonds is 5. The Morgan fingerprint density at radius 2 is 1.87 bits per heavy atom. The number of amides is 1. The molecule has 1 aliphatic rings. The minimum atomic E-state index is -0.0366. The summed E-state index contributed by atoms with van der Waals surface area (Å²) in [5, 5.41) is 1.33. The van der Waals surface area contributed by atoms with Gasteiger partial charge >= 0.3 is 0 Å². The molecule has 0 bridgehead atoms. The zero-order chi connectivity index (χ0) is 21.4. The zero-order valence-electron chi connectivity index (χ0n) is 16.8. The van der Waals surface area contributed by atoms with E-state index in [1.165, 1.54) is 11.3 Å². The predicted molar refractivity (Wildman–Crippen MR) is 123 cm³/mol. The number of aromatic nitrogens is 1. The first kappa shape index (κ1) is 19.8. The molecule has 1 aliphatic heterocycles. The van der Waals surface area contributed by atoms with Crippen LogP contribution in [0.1, 0.15) is 16.7 Å². The van der Waals surface area contributed by atoms with Crippen LogP contribution in [0.4, 0.5) is 5.13 Å². The van der Waals surface area contributed by atoms with Gasteiger partial charge in [0.1, 0.15) is 0 Å². The molecule has 5 rings (SSSR count). The van der Waals surface area contributed by atoms with Gasteiger partial charge < -0.3 is 9.47 Å². The summed E-state index contributed by atoms with van der Waals surface area (Å²) in [7, 11) is 0. The molecule has 7 heteroatoms. The maximum atomic E-state index is 13.4. The van der Waals surface area contributed by atoms with Gasteiger partial charge in [0.2, 0.25) is 12.7 Å². The predicted octanol–water partition coefficient (Wildman–Crippen LogP) is 5.76. The van der Waals surface area contributed by atoms with Gasteiger partial charge in [0.25, 0.3) is 0 Å². The molecule has 3 aromatic carbocycles. The van der Waals surface area contributed by atoms with Gasteiger partial charge in [0.15, 0.2) is 16.6 Å². The third-order valence-electron chi connectivity index (χ3n) is 5.24. The van der Waals surface area contributed by atoms with E-state index < -0.39 is 0 Å². The fourth-order valence-corrected chi connectivity index (χ4v) is 4.75. The Balaban J connectivity index is 1.49. The van der Waals surface area contributed by atoms with E-state index in [4.69, 9.17) is 26.1 Å². The van der Waals surface area contributed by atoms with Gasteiger partial charge in [0, 0.05) is 5.02 Å². The monoisotopic (exact) mass is 450 g/mol. The van der Waals surface area contributed by atoms with Crippen LogP contribution in [-0.2, 0) is 17.8 Å². The van der Waals surface area contributed by atoms with Gasteiger partial charge in [-0.05, 0) is 47.9 Å². The minimum Gasteiger partial charge on any atom is -0.454 e. The van der Waals surface area contributed by atoms with Crippen LogP contribution in [0.25, 0.3) is 10.2 Å². The summed E-state index contributed by atoms with van der Waals surface area (Å²) in [4.78, 5) is 20.0. The lowest BCUT2D eigenvalue weighted by molar-refractivity contribution is -0.118. The first-order valence-corrected chi connectivity index (χ1v) is 11.1. The summed E-state index contributed by atoms with van der Waals surface area (Å²) < 4.78 is 11.8. The van der Waals surface area contributed by atoms with Gasteiger partial charge in [-0.1, -0.05) is 59.3 Å². The van der Waals surface area contributed by atoms with Crippen LogP contribution in [0.3, 0.4) is 0 Å². The van der Waals surface area contributed by atoms with Crippen LogP contribution in [0.2, 0.25) is 5.02 Å². The molecule has 0 atom stereocenters. The quantitative estimate of drug-likeness (QED) is 0.387. The summed E-state index contributed by atoms with van der Waals surface area (Å²) in [6.07, 6.45) is 0.235. The molecule has 0 aliphatic carbocycles. The van der Waals surface area contributed by atoms with E-state index in [9.17, 15) is 4.79 Å². The van der Waals surface area contributed by atoms with Crippen LogP contribution in [-0.4, -0.2) is 17.7 Å². The highest BCUT2D eigenvalue weighted by Crippen LogP contribution is 2.35. The van der Waals surface area contributed by atoms with Gasteiger partial charge in [-0.15, -0.1) is 0 Å². The van der Waals surface area contributed by atoms with Gasteiger partial charge in [-0.25, -0.2) is 4.98 Å². The van der Waals surface area contributed by atoms with Crippen molar-refractivity contribution >= 4 is 44.2 Å². The molecule has 156 valence electrons. The third kappa shape index (κ3) is 3.96. The highest BCUT2D eigenvalue weighted by molar-refractivity contribution is 7.22. The molecule has 0 radical (unpaired) electrons. The molecule has 31 heavy (non-hydrogen) atoms. The average molecular weight is 451 g/mol. The van der Waals surface area contributed by atoms with Crippen molar-refractivity contribution in [3.05, 3.63) is 82.4 Å². The van der Waals surface area contributed by atoms with Crippen LogP contribution >= 0.6 is 22.9 Å². The van der Waals surface area contributed by atoms with Crippen molar-refractivity contribution < 1.29 is 14.3 Å². The van der Waals surface area contributed by atoms with Crippen molar-refractivity contribution in [2.75, 3.05) is 11.7 Å². The zero-order valence-corrected chi connectivity index (χ0v) is 18.4. The Labute approximate surface area is 188 Å². The highest BCUT2D eigenvalue weighted by Gasteiger charge is 2.22. The highest BCUT2D eigenvalue weighted by atomic mass is 35.5. The molecule has 5 nitrogen and oxygen atoms in total. The number of aryl methyl sites for hydroxylation is 1. The van der Waals surface area contributed by atoms with Gasteiger partial charge in [0.05, 0.1) is 23.2 Å². The van der Waals surface area contributed by atoms with Crippen molar-refractivity contribution in [3.8, 4) is 11.5 Å². The standard InChI is InChI=1S/C24H19ClN2O3S/c1-15-18(25)8-10-21-23(15)26-24(31-21)27(13-16-5-3-2-4-6-16)22(28)12-17-7-9-19-20(11-17)30-14-29-19/h2-11H,12-14H2,1H3. The second-order valence-electron chi connectivity index (χ2n) is 7.35. The summed E-state index contributed by atoms with van der Waals surface area (Å²) in [5.41, 5.74) is 3.66. The molecule has 0 spiro atoms. The molecule has 0 unspecified atom stereocenters. The minimum absolute atomic E-state index is 0.0366. The Hall–Kier alpha value is -3.09. The molecule has 0 N–H and O–H groups in total. The number of nitrogens with zero attached hydrogens (tertiary/aromatic N) is 2. The molecule has 0 saturated heterocycles. The van der Waals surface area contributed by atoms with Crippen molar-refractivity contribution in [2.24, 2.45) is 0 Å². The topological polar surface area (TPSA) is 51.7 Å². The molecular formula is C24H19ClN2O3S. The second-order valence-corrected chi connectivity index (χ2v) is 8.76. The summed E-state index contributed by atoms with van der Waals surface area (Å²) in [6, 6.07) is 19.4. The summed E-state index contributed by atoms with van der Waals surface area (Å²) in [5.74, 6) is 1.34. The molecule has 1 aromatic heterocycles. The lowest BCUT2D eigenvalue weighted by Crippen LogP contribution is -2.31. The summed E-state index contributed by atoms with van der Waals surface area (Å²) in [6.45, 7) is 2.60. The molecule has 2 heterocycles. The lowest BCUT2D eigenvalue weighted by atomic mass is 10.1. The van der Waals surface area contributed by atoms with E-state index >= 15 is 0 Å². The van der Waals surface area contributed by atoms with Crippen LogP contribution < -0.4 is 14.4 Å². The van der Waals surface area contributed by atoms with Crippen molar-refractivity contribution in [1.82, 2.24) is 4.98 Å². The Kier molecular flexibility index (Phi) is 5.26. The van der Waals surface area contributed by atoms with Crippen molar-refractivity contribution in [2.45, 2.75) is 19.9 Å². The lowest BCUT2D eigenvalue weighted by Gasteiger charge is -2.20. The number of fused-ring (bicyclic) bond motifs is 2. The first-order chi connectivity index (χ1) is 15.1. The number of ether oxygens (including phenoxy) is 2. The first-order valence-electron chi connectivity index (χ1n) is 9.87. The van der Waals surface area contributed by atoms with E-state index in [0.29, 0.717) is 28.2 Å². The van der Waals surface area contributed by atoms with Crippen molar-refractivity contribution in [3.63, 3.8) is 0 Å². The Bertz CT molecular complexity index is 1270. The Morgan fingerprint density at radius 3 is 2.71 bits per heavy atom. The number of halogens is 1. The van der Waals surface area contributed by atoms with Crippen molar-refractivity contribution in [1.29, 1.82) is 0 Å². The normalized spacial score (nSPS) is 12.3. The number of anilines is 1. The molecular weight excluding hydrogens is 432 g/mol. The number of hydrogen-bond donors (Lipinski definition) is 0. The second kappa shape index (κ2) is 8.21. The van der Waals surface area contributed by atoms with E-state index in [0.717, 1.165) is 26.9 Å². The number of thiazole rings is 1. The average Bonchev–Trinajstić information content (AvgIpc) is 3.42. The smallest absolute Gasteiger partial charge is 0.233 e. The summed E-state index contributed by atoms with van der Waals surface area (Å²) >= 11 is 7.78. The number of benzene rings is 3. The van der Waals surface area contributed by atoms with Crippen LogP contribution in [0.5, 0.6) is 11.5 Å². The fraction of sp³-hybridized carbons (Fsp3) is 0.167. The van der Waals surface area contributed by atoms with Gasteiger partial charge in [-0.2, -0.15) is 0 Å². The maximum absolute atomic E-state index is 13.4. The number of carbonyl (C=O) groups excluding carboxylic acids is 1. The van der Waals surface area contributed by atoms with Crippen LogP contribution in [0, 0.1) is 6.92 Å². The molecule has 0 fully saturated rings. The number of carbonyl (C=O) groups is 1. The SMILES string of the molecule is Cc1c(Cl)ccc2sc(N(Cc3ccccc3)C(=O)Cc3ccc4c(c3)OCO4)nc12. The Morgan fingerprint density at radius 1 is 1.06 bits per heavy atom. The third-order valence-corrected chi connectivity index (χ3v) is 6.70. The molecule has 1 amide bonds. The molecule has 0 saturated carbocycles. The van der Waals surface area contributed by atoms with E-state index in [1.807, 2.05) is 67.6 Å². The maximum Gasteiger partial charge on any atom is 0.233 e. The fourth-order valence-electron chi connectivity index (χ4n) is 3.55. The van der Waals surface area contributed by atoms with E-state index in [1.54, 1.807) is 4.90 Å².